The maximum absolute atomic E-state index is 14.3. The maximum atomic E-state index is 14.3. The summed E-state index contributed by atoms with van der Waals surface area (Å²) in [7, 11) is -2.20. The van der Waals surface area contributed by atoms with Crippen molar-refractivity contribution < 1.29 is 27.1 Å². The lowest BCUT2D eigenvalue weighted by Crippen LogP contribution is -2.49. The molecule has 0 aromatic heterocycles. The number of sulfonamides is 1. The van der Waals surface area contributed by atoms with Crippen LogP contribution in [0.15, 0.2) is 48.5 Å². The first-order chi connectivity index (χ1) is 17.5. The highest BCUT2D eigenvalue weighted by atomic mass is 32.2. The number of carbonyl (C=O) groups excluding carboxylic acids is 2. The number of para-hydroxylation sites is 1. The summed E-state index contributed by atoms with van der Waals surface area (Å²) >= 11 is 0. The first-order valence-corrected chi connectivity index (χ1v) is 14.2. The van der Waals surface area contributed by atoms with E-state index in [9.17, 15) is 22.4 Å². The van der Waals surface area contributed by atoms with Gasteiger partial charge in [0, 0.05) is 26.1 Å². The molecule has 0 spiro atoms. The molecule has 37 heavy (non-hydrogen) atoms. The third-order valence-electron chi connectivity index (χ3n) is 5.86. The van der Waals surface area contributed by atoms with Crippen molar-refractivity contribution in [2.24, 2.45) is 5.92 Å². The van der Waals surface area contributed by atoms with Crippen molar-refractivity contribution in [1.82, 2.24) is 10.2 Å². The van der Waals surface area contributed by atoms with Crippen LogP contribution in [0.3, 0.4) is 0 Å². The van der Waals surface area contributed by atoms with Crippen molar-refractivity contribution in [3.63, 3.8) is 0 Å². The minimum absolute atomic E-state index is 0.00934. The van der Waals surface area contributed by atoms with E-state index in [-0.39, 0.29) is 49.4 Å². The number of nitrogens with zero attached hydrogens (tertiary/aromatic N) is 2. The molecule has 0 radical (unpaired) electrons. The average Bonchev–Trinajstić information content (AvgIpc) is 2.85. The number of anilines is 1. The minimum Gasteiger partial charge on any atom is -0.497 e. The van der Waals surface area contributed by atoms with Crippen LogP contribution in [0.5, 0.6) is 5.75 Å². The first kappa shape index (κ1) is 30.1. The van der Waals surface area contributed by atoms with Crippen LogP contribution in [-0.2, 0) is 26.2 Å². The van der Waals surface area contributed by atoms with E-state index in [0.29, 0.717) is 18.7 Å². The Kier molecular flexibility index (Phi) is 11.4. The summed E-state index contributed by atoms with van der Waals surface area (Å²) in [6.45, 7) is 6.45. The Morgan fingerprint density at radius 1 is 1.08 bits per heavy atom. The molecule has 2 amide bonds. The van der Waals surface area contributed by atoms with Crippen molar-refractivity contribution in [2.75, 3.05) is 30.8 Å². The van der Waals surface area contributed by atoms with E-state index >= 15 is 0 Å². The molecule has 10 heteroatoms. The van der Waals surface area contributed by atoms with Crippen molar-refractivity contribution in [2.45, 2.75) is 52.6 Å². The second-order valence-electron chi connectivity index (χ2n) is 9.32. The Morgan fingerprint density at radius 2 is 1.73 bits per heavy atom. The zero-order valence-electron chi connectivity index (χ0n) is 22.2. The van der Waals surface area contributed by atoms with Gasteiger partial charge in [0.05, 0.1) is 19.1 Å². The van der Waals surface area contributed by atoms with Gasteiger partial charge in [-0.3, -0.25) is 13.9 Å². The molecule has 1 atom stereocenters. The van der Waals surface area contributed by atoms with Crippen molar-refractivity contribution in [1.29, 1.82) is 0 Å². The molecule has 0 heterocycles. The maximum Gasteiger partial charge on any atom is 0.242 e. The van der Waals surface area contributed by atoms with E-state index in [4.69, 9.17) is 4.74 Å². The molecular formula is C27H38FN3O5S. The fraction of sp³-hybridized carbons (Fsp3) is 0.481. The van der Waals surface area contributed by atoms with Crippen LogP contribution >= 0.6 is 0 Å². The number of ether oxygens (including phenoxy) is 1. The molecule has 0 saturated heterocycles. The number of carbonyl (C=O) groups is 2. The molecule has 0 aliphatic carbocycles. The van der Waals surface area contributed by atoms with Gasteiger partial charge in [-0.05, 0) is 48.6 Å². The second kappa shape index (κ2) is 14.0. The number of hydrogen-bond donors (Lipinski definition) is 1. The van der Waals surface area contributed by atoms with Crippen LogP contribution in [0.1, 0.15) is 45.6 Å². The zero-order valence-corrected chi connectivity index (χ0v) is 23.1. The quantitative estimate of drug-likeness (QED) is 0.395. The number of benzene rings is 2. The smallest absolute Gasteiger partial charge is 0.242 e. The van der Waals surface area contributed by atoms with Gasteiger partial charge in [0.25, 0.3) is 0 Å². The second-order valence-corrected chi connectivity index (χ2v) is 11.2. The third kappa shape index (κ3) is 9.03. The monoisotopic (exact) mass is 535 g/mol. The number of halogens is 1. The Balaban J connectivity index is 2.22. The fourth-order valence-corrected chi connectivity index (χ4v) is 4.87. The van der Waals surface area contributed by atoms with E-state index in [0.717, 1.165) is 16.1 Å². The zero-order chi connectivity index (χ0) is 27.6. The molecule has 0 bridgehead atoms. The number of nitrogens with one attached hydrogen (secondary N) is 1. The lowest BCUT2D eigenvalue weighted by Gasteiger charge is -2.31. The van der Waals surface area contributed by atoms with Gasteiger partial charge in [0.1, 0.15) is 17.6 Å². The van der Waals surface area contributed by atoms with Gasteiger partial charge in [0.15, 0.2) is 0 Å². The fourth-order valence-electron chi connectivity index (χ4n) is 3.91. The summed E-state index contributed by atoms with van der Waals surface area (Å²) in [4.78, 5) is 28.0. The molecule has 1 N–H and O–H groups in total. The summed E-state index contributed by atoms with van der Waals surface area (Å²) in [5.41, 5.74) is 0.764. The van der Waals surface area contributed by atoms with E-state index in [2.05, 4.69) is 5.32 Å². The van der Waals surface area contributed by atoms with Crippen LogP contribution in [0.4, 0.5) is 10.1 Å². The molecule has 204 valence electrons. The first-order valence-electron chi connectivity index (χ1n) is 12.4. The summed E-state index contributed by atoms with van der Waals surface area (Å²) in [6, 6.07) is 12.2. The van der Waals surface area contributed by atoms with Gasteiger partial charge in [0.2, 0.25) is 21.8 Å². The van der Waals surface area contributed by atoms with Crippen LogP contribution in [-0.4, -0.2) is 57.6 Å². The topological polar surface area (TPSA) is 96.0 Å². The highest BCUT2D eigenvalue weighted by Gasteiger charge is 2.29. The number of methoxy groups -OCH3 is 1. The predicted octanol–water partition coefficient (Wildman–Crippen LogP) is 3.96. The largest absolute Gasteiger partial charge is 0.497 e. The highest BCUT2D eigenvalue weighted by molar-refractivity contribution is 7.92. The standard InChI is InChI=1S/C27H38FN3O5S/c1-6-24(27(33)29-18-20(2)3)30(19-21-13-15-22(36-4)16-14-21)26(32)12-9-17-31(37(5,34)35)25-11-8-7-10-23(25)28/h7-8,10-11,13-16,20,24H,6,9,12,17-19H2,1-5H3,(H,29,33)/t24-/m1/s1. The van der Waals surface area contributed by atoms with Gasteiger partial charge in [-0.1, -0.05) is 45.0 Å². The van der Waals surface area contributed by atoms with Gasteiger partial charge in [-0.25, -0.2) is 12.8 Å². The van der Waals surface area contributed by atoms with Gasteiger partial charge in [-0.15, -0.1) is 0 Å². The Labute approximate surface area is 219 Å². The van der Waals surface area contributed by atoms with E-state index in [1.807, 2.05) is 32.9 Å². The van der Waals surface area contributed by atoms with Gasteiger partial charge < -0.3 is 15.0 Å². The molecule has 0 aliphatic rings. The molecule has 2 aromatic rings. The lowest BCUT2D eigenvalue weighted by molar-refractivity contribution is -0.141. The lowest BCUT2D eigenvalue weighted by atomic mass is 10.1. The SMILES string of the molecule is CC[C@H](C(=O)NCC(C)C)N(Cc1ccc(OC)cc1)C(=O)CCCN(c1ccccc1F)S(C)(=O)=O. The molecule has 0 unspecified atom stereocenters. The predicted molar refractivity (Wildman–Crippen MR) is 143 cm³/mol. The van der Waals surface area contributed by atoms with Crippen molar-refractivity contribution in [3.05, 3.63) is 59.9 Å². The normalized spacial score (nSPS) is 12.2. The molecular weight excluding hydrogens is 497 g/mol. The summed E-state index contributed by atoms with van der Waals surface area (Å²) < 4.78 is 45.2. The van der Waals surface area contributed by atoms with Crippen LogP contribution in [0, 0.1) is 11.7 Å². The Bertz CT molecular complexity index is 1140. The van der Waals surface area contributed by atoms with E-state index in [1.165, 1.54) is 23.1 Å². The summed E-state index contributed by atoms with van der Waals surface area (Å²) in [5, 5.41) is 2.91. The Morgan fingerprint density at radius 3 is 2.27 bits per heavy atom. The number of amides is 2. The van der Waals surface area contributed by atoms with Gasteiger partial charge >= 0.3 is 0 Å². The third-order valence-corrected chi connectivity index (χ3v) is 7.04. The van der Waals surface area contributed by atoms with Crippen molar-refractivity contribution >= 4 is 27.5 Å². The van der Waals surface area contributed by atoms with Crippen molar-refractivity contribution in [3.8, 4) is 5.75 Å². The molecule has 2 rings (SSSR count). The van der Waals surface area contributed by atoms with Crippen LogP contribution in [0.25, 0.3) is 0 Å². The van der Waals surface area contributed by atoms with E-state index in [1.54, 1.807) is 25.3 Å². The average molecular weight is 536 g/mol. The molecule has 0 fully saturated rings. The molecule has 0 aliphatic heterocycles. The summed E-state index contributed by atoms with van der Waals surface area (Å²) in [6.07, 6.45) is 1.56. The van der Waals surface area contributed by atoms with Gasteiger partial charge in [-0.2, -0.15) is 0 Å². The van der Waals surface area contributed by atoms with Crippen LogP contribution in [0.2, 0.25) is 0 Å². The summed E-state index contributed by atoms with van der Waals surface area (Å²) in [5.74, 6) is -0.246. The molecule has 0 saturated carbocycles. The molecule has 8 nitrogen and oxygen atoms in total. The molecule has 2 aromatic carbocycles. The van der Waals surface area contributed by atoms with Crippen LogP contribution < -0.4 is 14.4 Å². The highest BCUT2D eigenvalue weighted by Crippen LogP contribution is 2.23. The Hall–Kier alpha value is -3.14. The number of rotatable bonds is 14. The number of hydrogen-bond acceptors (Lipinski definition) is 5. The minimum atomic E-state index is -3.77. The van der Waals surface area contributed by atoms with E-state index < -0.39 is 21.9 Å².